The molecular weight excluding hydrogens is 266 g/mol. The Hall–Kier alpha value is -2.68. The van der Waals surface area contributed by atoms with Gasteiger partial charge in [-0.2, -0.15) is 10.2 Å². The molecule has 2 heterocycles. The van der Waals surface area contributed by atoms with E-state index in [1.165, 1.54) is 34.9 Å². The Morgan fingerprint density at radius 2 is 2.25 bits per heavy atom. The van der Waals surface area contributed by atoms with Crippen LogP contribution in [0.3, 0.4) is 0 Å². The monoisotopic (exact) mass is 279 g/mol. The number of hydrogen-bond donors (Lipinski definition) is 2. The van der Waals surface area contributed by atoms with E-state index in [0.29, 0.717) is 5.69 Å². The number of ether oxygens (including phenoxy) is 1. The number of rotatable bonds is 6. The minimum atomic E-state index is -1.13. The molecule has 0 fully saturated rings. The van der Waals surface area contributed by atoms with Crippen LogP contribution in [0.25, 0.3) is 0 Å². The maximum atomic E-state index is 11.7. The highest BCUT2D eigenvalue weighted by atomic mass is 16.5. The Morgan fingerprint density at radius 3 is 2.90 bits per heavy atom. The highest BCUT2D eigenvalue weighted by Crippen LogP contribution is 2.05. The molecule has 0 bridgehead atoms. The van der Waals surface area contributed by atoms with Gasteiger partial charge in [0.15, 0.2) is 5.69 Å². The first kappa shape index (κ1) is 13.7. The minimum Gasteiger partial charge on any atom is -0.476 e. The van der Waals surface area contributed by atoms with Crippen LogP contribution in [0.4, 0.5) is 5.69 Å². The lowest BCUT2D eigenvalue weighted by molar-refractivity contribution is -0.116. The zero-order valence-electron chi connectivity index (χ0n) is 10.7. The van der Waals surface area contributed by atoms with Crippen molar-refractivity contribution in [1.82, 2.24) is 19.6 Å². The van der Waals surface area contributed by atoms with Crippen LogP contribution < -0.4 is 5.32 Å². The summed E-state index contributed by atoms with van der Waals surface area (Å²) in [5.41, 5.74) is 0.420. The highest BCUT2D eigenvalue weighted by molar-refractivity contribution is 5.90. The molecule has 2 N–H and O–H groups in total. The van der Waals surface area contributed by atoms with Crippen LogP contribution >= 0.6 is 0 Å². The third-order valence-electron chi connectivity index (χ3n) is 2.34. The molecule has 0 aliphatic carbocycles. The van der Waals surface area contributed by atoms with Crippen molar-refractivity contribution in [2.45, 2.75) is 13.3 Å². The summed E-state index contributed by atoms with van der Waals surface area (Å²) in [6.07, 6.45) is 4.53. The van der Waals surface area contributed by atoms with E-state index in [1.54, 1.807) is 6.20 Å². The second-order valence-corrected chi connectivity index (χ2v) is 3.94. The quantitative estimate of drug-likeness (QED) is 0.771. The third-order valence-corrected chi connectivity index (χ3v) is 2.34. The van der Waals surface area contributed by atoms with Gasteiger partial charge in [0.05, 0.1) is 18.1 Å². The number of carboxylic acid groups (broad SMARTS) is 1. The Kier molecular flexibility index (Phi) is 4.11. The van der Waals surface area contributed by atoms with Gasteiger partial charge in [-0.25, -0.2) is 9.48 Å². The van der Waals surface area contributed by atoms with Crippen LogP contribution in [0.2, 0.25) is 0 Å². The van der Waals surface area contributed by atoms with E-state index in [9.17, 15) is 9.59 Å². The molecule has 9 heteroatoms. The number of carboxylic acids is 1. The Balaban J connectivity index is 1.92. The SMILES string of the molecule is COCn1cc(NC(=O)Cn2ccc(C(=O)O)n2)cn1. The smallest absolute Gasteiger partial charge is 0.356 e. The van der Waals surface area contributed by atoms with E-state index in [0.717, 1.165) is 0 Å². The molecule has 0 unspecified atom stereocenters. The van der Waals surface area contributed by atoms with Crippen LogP contribution in [0.1, 0.15) is 10.5 Å². The van der Waals surface area contributed by atoms with Gasteiger partial charge in [-0.05, 0) is 6.07 Å². The number of methoxy groups -OCH3 is 1. The third kappa shape index (κ3) is 3.42. The summed E-state index contributed by atoms with van der Waals surface area (Å²) in [4.78, 5) is 22.4. The van der Waals surface area contributed by atoms with E-state index in [2.05, 4.69) is 15.5 Å². The van der Waals surface area contributed by atoms with Crippen molar-refractivity contribution >= 4 is 17.6 Å². The van der Waals surface area contributed by atoms with Crippen LogP contribution in [-0.2, 0) is 22.8 Å². The van der Waals surface area contributed by atoms with E-state index < -0.39 is 5.97 Å². The fourth-order valence-corrected chi connectivity index (χ4v) is 1.54. The van der Waals surface area contributed by atoms with Crippen molar-refractivity contribution in [3.05, 3.63) is 30.4 Å². The Labute approximate surface area is 113 Å². The summed E-state index contributed by atoms with van der Waals surface area (Å²) in [6.45, 7) is 0.208. The van der Waals surface area contributed by atoms with Crippen molar-refractivity contribution in [3.8, 4) is 0 Å². The molecule has 0 aliphatic rings. The van der Waals surface area contributed by atoms with E-state index in [1.807, 2.05) is 0 Å². The summed E-state index contributed by atoms with van der Waals surface area (Å²) < 4.78 is 7.65. The lowest BCUT2D eigenvalue weighted by atomic mass is 10.4. The first-order valence-corrected chi connectivity index (χ1v) is 5.66. The van der Waals surface area contributed by atoms with Crippen molar-refractivity contribution in [3.63, 3.8) is 0 Å². The van der Waals surface area contributed by atoms with Crippen LogP contribution in [0, 0.1) is 0 Å². The molecule has 0 aliphatic heterocycles. The molecule has 0 spiro atoms. The molecule has 2 rings (SSSR count). The van der Waals surface area contributed by atoms with Crippen LogP contribution in [0.5, 0.6) is 0 Å². The van der Waals surface area contributed by atoms with Crippen molar-refractivity contribution in [1.29, 1.82) is 0 Å². The molecule has 0 saturated carbocycles. The van der Waals surface area contributed by atoms with Crippen LogP contribution in [0.15, 0.2) is 24.7 Å². The van der Waals surface area contributed by atoms with Gasteiger partial charge >= 0.3 is 5.97 Å². The van der Waals surface area contributed by atoms with Gasteiger partial charge < -0.3 is 15.2 Å². The number of aromatic carboxylic acids is 1. The zero-order valence-corrected chi connectivity index (χ0v) is 10.7. The molecule has 0 radical (unpaired) electrons. The molecule has 0 saturated heterocycles. The first-order valence-electron chi connectivity index (χ1n) is 5.66. The normalized spacial score (nSPS) is 10.4. The second-order valence-electron chi connectivity index (χ2n) is 3.94. The van der Waals surface area contributed by atoms with Crippen LogP contribution in [-0.4, -0.2) is 43.7 Å². The number of anilines is 1. The minimum absolute atomic E-state index is 0.0806. The first-order chi connectivity index (χ1) is 9.58. The number of aromatic nitrogens is 4. The zero-order chi connectivity index (χ0) is 14.5. The van der Waals surface area contributed by atoms with Gasteiger partial charge in [-0.3, -0.25) is 9.48 Å². The van der Waals surface area contributed by atoms with Gasteiger partial charge in [0, 0.05) is 13.3 Å². The number of nitrogens with zero attached hydrogens (tertiary/aromatic N) is 4. The standard InChI is InChI=1S/C11H13N5O4/c1-20-7-16-5-8(4-12-16)13-10(17)6-15-3-2-9(14-15)11(18)19/h2-5H,6-7H2,1H3,(H,13,17)(H,18,19). The number of hydrogen-bond acceptors (Lipinski definition) is 5. The number of carbonyl (C=O) groups is 2. The van der Waals surface area contributed by atoms with Gasteiger partial charge in [0.1, 0.15) is 13.3 Å². The number of amides is 1. The van der Waals surface area contributed by atoms with Crippen molar-refractivity contribution in [2.24, 2.45) is 0 Å². The molecule has 106 valence electrons. The number of carbonyl (C=O) groups excluding carboxylic acids is 1. The molecular formula is C11H13N5O4. The average Bonchev–Trinajstić information content (AvgIpc) is 2.99. The van der Waals surface area contributed by atoms with Gasteiger partial charge in [-0.1, -0.05) is 0 Å². The number of nitrogens with one attached hydrogen (secondary N) is 1. The predicted molar refractivity (Wildman–Crippen MR) is 67.1 cm³/mol. The topological polar surface area (TPSA) is 111 Å². The van der Waals surface area contributed by atoms with Gasteiger partial charge in [0.25, 0.3) is 0 Å². The summed E-state index contributed by atoms with van der Waals surface area (Å²) in [5, 5.41) is 19.1. The van der Waals surface area contributed by atoms with E-state index >= 15 is 0 Å². The highest BCUT2D eigenvalue weighted by Gasteiger charge is 2.10. The molecule has 0 aromatic carbocycles. The fourth-order valence-electron chi connectivity index (χ4n) is 1.54. The van der Waals surface area contributed by atoms with E-state index in [4.69, 9.17) is 9.84 Å². The van der Waals surface area contributed by atoms with Gasteiger partial charge in [-0.15, -0.1) is 0 Å². The molecule has 20 heavy (non-hydrogen) atoms. The summed E-state index contributed by atoms with van der Waals surface area (Å²) in [5.74, 6) is -1.47. The van der Waals surface area contributed by atoms with Crippen molar-refractivity contribution in [2.75, 3.05) is 12.4 Å². The Bertz CT molecular complexity index is 618. The maximum Gasteiger partial charge on any atom is 0.356 e. The molecule has 1 amide bonds. The second kappa shape index (κ2) is 5.97. The fraction of sp³-hybridized carbons (Fsp3) is 0.273. The lowest BCUT2D eigenvalue weighted by Crippen LogP contribution is -2.19. The summed E-state index contributed by atoms with van der Waals surface area (Å²) >= 11 is 0. The maximum absolute atomic E-state index is 11.7. The lowest BCUT2D eigenvalue weighted by Gasteiger charge is -2.02. The van der Waals surface area contributed by atoms with E-state index in [-0.39, 0.29) is 24.9 Å². The molecule has 0 atom stereocenters. The molecule has 2 aromatic rings. The Morgan fingerprint density at radius 1 is 1.45 bits per heavy atom. The summed E-state index contributed by atoms with van der Waals surface area (Å²) in [6, 6.07) is 1.33. The summed E-state index contributed by atoms with van der Waals surface area (Å²) in [7, 11) is 1.54. The van der Waals surface area contributed by atoms with Crippen molar-refractivity contribution < 1.29 is 19.4 Å². The predicted octanol–water partition coefficient (Wildman–Crippen LogP) is 0.0204. The average molecular weight is 279 g/mol. The molecule has 2 aromatic heterocycles. The van der Waals surface area contributed by atoms with Gasteiger partial charge in [0.2, 0.25) is 5.91 Å². The largest absolute Gasteiger partial charge is 0.476 e. The molecule has 9 nitrogen and oxygen atoms in total.